The molecule has 4 aliphatic carbocycles. The average Bonchev–Trinajstić information content (AvgIpc) is 2.87. The first-order chi connectivity index (χ1) is 12.7. The normalized spacial score (nSPS) is 43.3. The Morgan fingerprint density at radius 3 is 2.52 bits per heavy atom. The van der Waals surface area contributed by atoms with E-state index >= 15 is 0 Å². The van der Waals surface area contributed by atoms with Crippen LogP contribution in [-0.4, -0.2) is 28.9 Å². The highest BCUT2D eigenvalue weighted by Crippen LogP contribution is 2.65. The quantitative estimate of drug-likeness (QED) is 0.696. The third-order valence-electron chi connectivity index (χ3n) is 8.05. The molecule has 0 saturated heterocycles. The summed E-state index contributed by atoms with van der Waals surface area (Å²) in [7, 11) is 0. The fraction of sp³-hybridized carbons (Fsp3) is 0.727. The monoisotopic (exact) mass is 372 g/mol. The Hall–Kier alpha value is -1.78. The summed E-state index contributed by atoms with van der Waals surface area (Å²) in [5, 5.41) is 0. The number of hydrogen-bond acceptors (Lipinski definition) is 5. The molecule has 0 spiro atoms. The van der Waals surface area contributed by atoms with Crippen LogP contribution >= 0.6 is 0 Å². The minimum Gasteiger partial charge on any atom is -0.451 e. The highest BCUT2D eigenvalue weighted by Gasteiger charge is 2.68. The van der Waals surface area contributed by atoms with E-state index in [0.717, 1.165) is 31.3 Å². The number of Topliss-reactive ketones (excluding diaryl/α,β-unsaturated/α-hetero) is 2. The van der Waals surface area contributed by atoms with E-state index in [1.807, 2.05) is 6.92 Å². The molecule has 0 radical (unpaired) electrons. The summed E-state index contributed by atoms with van der Waals surface area (Å²) in [4.78, 5) is 49.6. The predicted octanol–water partition coefficient (Wildman–Crippen LogP) is 3.20. The number of esters is 1. The molecule has 4 rings (SSSR count). The Bertz CT molecular complexity index is 765. The van der Waals surface area contributed by atoms with Crippen molar-refractivity contribution in [3.8, 4) is 0 Å². The first-order valence-electron chi connectivity index (χ1n) is 10.2. The molecule has 0 amide bonds. The summed E-state index contributed by atoms with van der Waals surface area (Å²) >= 11 is 0. The smallest absolute Gasteiger partial charge is 0.303 e. The van der Waals surface area contributed by atoms with Crippen molar-refractivity contribution >= 4 is 23.3 Å². The van der Waals surface area contributed by atoms with E-state index in [0.29, 0.717) is 12.8 Å². The van der Waals surface area contributed by atoms with Gasteiger partial charge in [-0.05, 0) is 62.9 Å². The third kappa shape index (κ3) is 2.50. The Kier molecular flexibility index (Phi) is 4.21. The zero-order chi connectivity index (χ0) is 19.6. The zero-order valence-corrected chi connectivity index (χ0v) is 16.4. The Labute approximate surface area is 159 Å². The molecule has 0 bridgehead atoms. The van der Waals surface area contributed by atoms with Gasteiger partial charge in [-0.25, -0.2) is 0 Å². The van der Waals surface area contributed by atoms with Crippen molar-refractivity contribution in [1.29, 1.82) is 0 Å². The van der Waals surface area contributed by atoms with Crippen molar-refractivity contribution < 1.29 is 23.9 Å². The molecule has 27 heavy (non-hydrogen) atoms. The lowest BCUT2D eigenvalue weighted by molar-refractivity contribution is -0.187. The fourth-order valence-corrected chi connectivity index (χ4v) is 7.03. The number of carbonyl (C=O) groups is 4. The summed E-state index contributed by atoms with van der Waals surface area (Å²) in [5.41, 5.74) is -0.655. The molecule has 0 aromatic carbocycles. The highest BCUT2D eigenvalue weighted by atomic mass is 16.6. The largest absolute Gasteiger partial charge is 0.451 e. The number of carbonyl (C=O) groups excluding carboxylic acids is 4. The molecule has 0 aromatic heterocycles. The van der Waals surface area contributed by atoms with Gasteiger partial charge in [0.15, 0.2) is 17.2 Å². The van der Waals surface area contributed by atoms with E-state index in [4.69, 9.17) is 4.74 Å². The van der Waals surface area contributed by atoms with Gasteiger partial charge in [-0.1, -0.05) is 12.5 Å². The van der Waals surface area contributed by atoms with E-state index in [-0.39, 0.29) is 47.4 Å². The summed E-state index contributed by atoms with van der Waals surface area (Å²) in [5.74, 6) is 0.305. The second-order valence-corrected chi connectivity index (χ2v) is 9.24. The maximum Gasteiger partial charge on any atom is 0.303 e. The maximum absolute atomic E-state index is 13.3. The Morgan fingerprint density at radius 2 is 1.85 bits per heavy atom. The van der Waals surface area contributed by atoms with Crippen LogP contribution in [0.25, 0.3) is 0 Å². The highest BCUT2D eigenvalue weighted by molar-refractivity contribution is 5.94. The minimum absolute atomic E-state index is 0.0451. The number of fused-ring (bicyclic) bond motifs is 5. The van der Waals surface area contributed by atoms with Crippen LogP contribution in [0.15, 0.2) is 11.6 Å². The number of ether oxygens (including phenoxy) is 1. The van der Waals surface area contributed by atoms with Crippen molar-refractivity contribution in [2.24, 2.45) is 29.1 Å². The van der Waals surface area contributed by atoms with Gasteiger partial charge >= 0.3 is 5.97 Å². The molecule has 3 fully saturated rings. The molecule has 3 saturated carbocycles. The molecule has 0 heterocycles. The van der Waals surface area contributed by atoms with Crippen molar-refractivity contribution in [3.63, 3.8) is 0 Å². The first-order valence-corrected chi connectivity index (χ1v) is 10.2. The van der Waals surface area contributed by atoms with Gasteiger partial charge in [-0.2, -0.15) is 0 Å². The standard InChI is InChI=1S/C22H28O5/c1-12(23)22(27-13(2)24)9-8-18-17-6-4-14-10-15(25)5-7-16(14)20(17)19(26)11-21(18,22)3/h10,16-18,20H,4-9,11H2,1-3H3/t16?,17?,18?,20?,21-,22-/m0/s1. The molecule has 6 atom stereocenters. The van der Waals surface area contributed by atoms with Crippen molar-refractivity contribution in [2.45, 2.75) is 71.3 Å². The maximum atomic E-state index is 13.3. The van der Waals surface area contributed by atoms with Crippen LogP contribution in [0, 0.1) is 29.1 Å². The summed E-state index contributed by atoms with van der Waals surface area (Å²) < 4.78 is 5.68. The van der Waals surface area contributed by atoms with Gasteiger partial charge in [0.05, 0.1) is 0 Å². The van der Waals surface area contributed by atoms with Gasteiger partial charge in [0, 0.05) is 31.1 Å². The summed E-state index contributed by atoms with van der Waals surface area (Å²) in [6, 6.07) is 0. The van der Waals surface area contributed by atoms with Crippen LogP contribution < -0.4 is 0 Å². The third-order valence-corrected chi connectivity index (χ3v) is 8.05. The van der Waals surface area contributed by atoms with Crippen LogP contribution in [0.1, 0.15) is 65.7 Å². The van der Waals surface area contributed by atoms with Crippen LogP contribution in [0.3, 0.4) is 0 Å². The van der Waals surface area contributed by atoms with Crippen LogP contribution in [0.4, 0.5) is 0 Å². The lowest BCUT2D eigenvalue weighted by Crippen LogP contribution is -2.59. The SMILES string of the molecule is CC(=O)O[C@]1(C(C)=O)CCC2C3CCC4=CC(=O)CCC4C3C(=O)C[C@@]21C. The second kappa shape index (κ2) is 6.11. The Morgan fingerprint density at radius 1 is 1.11 bits per heavy atom. The van der Waals surface area contributed by atoms with Crippen molar-refractivity contribution in [1.82, 2.24) is 0 Å². The van der Waals surface area contributed by atoms with E-state index in [1.54, 1.807) is 6.08 Å². The molecule has 5 heteroatoms. The average molecular weight is 372 g/mol. The zero-order valence-electron chi connectivity index (χ0n) is 16.4. The Balaban J connectivity index is 1.73. The van der Waals surface area contributed by atoms with Gasteiger partial charge in [-0.3, -0.25) is 19.2 Å². The lowest BCUT2D eigenvalue weighted by Gasteiger charge is -2.54. The van der Waals surface area contributed by atoms with Crippen molar-refractivity contribution in [2.75, 3.05) is 0 Å². The van der Waals surface area contributed by atoms with Crippen LogP contribution in [0.2, 0.25) is 0 Å². The van der Waals surface area contributed by atoms with Gasteiger partial charge in [-0.15, -0.1) is 0 Å². The van der Waals surface area contributed by atoms with Gasteiger partial charge in [0.2, 0.25) is 0 Å². The first kappa shape index (κ1) is 18.6. The number of allylic oxidation sites excluding steroid dienone is 1. The van der Waals surface area contributed by atoms with E-state index in [2.05, 4.69) is 0 Å². The number of rotatable bonds is 2. The number of ketones is 3. The second-order valence-electron chi connectivity index (χ2n) is 9.24. The molecule has 0 N–H and O–H groups in total. The molecule has 4 aliphatic rings. The number of hydrogen-bond donors (Lipinski definition) is 0. The van der Waals surface area contributed by atoms with Gasteiger partial charge < -0.3 is 4.74 Å². The molecule has 0 aromatic rings. The van der Waals surface area contributed by atoms with Crippen molar-refractivity contribution in [3.05, 3.63) is 11.6 Å². The van der Waals surface area contributed by atoms with Crippen LogP contribution in [0.5, 0.6) is 0 Å². The van der Waals surface area contributed by atoms with E-state index in [9.17, 15) is 19.2 Å². The summed E-state index contributed by atoms with van der Waals surface area (Å²) in [6.07, 6.45) is 6.40. The molecule has 0 aliphatic heterocycles. The van der Waals surface area contributed by atoms with Crippen LogP contribution in [-0.2, 0) is 23.9 Å². The molecule has 146 valence electrons. The van der Waals surface area contributed by atoms with E-state index < -0.39 is 17.0 Å². The van der Waals surface area contributed by atoms with Gasteiger partial charge in [0.1, 0.15) is 5.78 Å². The molecular weight excluding hydrogens is 344 g/mol. The molecule has 5 nitrogen and oxygen atoms in total. The van der Waals surface area contributed by atoms with E-state index in [1.165, 1.54) is 13.8 Å². The van der Waals surface area contributed by atoms with Gasteiger partial charge in [0.25, 0.3) is 0 Å². The topological polar surface area (TPSA) is 77.5 Å². The fourth-order valence-electron chi connectivity index (χ4n) is 7.03. The molecule has 4 unspecified atom stereocenters. The minimum atomic E-state index is -1.18. The lowest BCUT2D eigenvalue weighted by atomic mass is 9.50. The summed E-state index contributed by atoms with van der Waals surface area (Å²) in [6.45, 7) is 4.81. The predicted molar refractivity (Wildman–Crippen MR) is 97.7 cm³/mol. The molecular formula is C22H28O5.